The SMILES string of the molecule is CC1(C)c2cc(-c3cccc(-c4ccc(C#N)cc4)c3)ccc2-c2ccc(-c3ccc4c5c(cccc35)-c3ccccc3-4)cc21. The van der Waals surface area contributed by atoms with Gasteiger partial charge in [-0.25, -0.2) is 0 Å². The molecule has 2 aliphatic carbocycles. The molecule has 7 aromatic carbocycles. The fourth-order valence-corrected chi connectivity index (χ4v) is 7.76. The van der Waals surface area contributed by atoms with Gasteiger partial charge in [-0.2, -0.15) is 5.26 Å². The molecule has 0 amide bonds. The van der Waals surface area contributed by atoms with Crippen molar-refractivity contribution in [3.8, 4) is 72.8 Å². The van der Waals surface area contributed by atoms with E-state index in [0.29, 0.717) is 5.56 Å². The van der Waals surface area contributed by atoms with E-state index in [0.717, 1.165) is 11.1 Å². The average Bonchev–Trinajstić information content (AvgIpc) is 3.54. The third-order valence-corrected chi connectivity index (χ3v) is 10.1. The molecule has 0 spiro atoms. The van der Waals surface area contributed by atoms with Crippen molar-refractivity contribution in [1.82, 2.24) is 0 Å². The van der Waals surface area contributed by atoms with Crippen LogP contribution in [-0.2, 0) is 5.41 Å². The van der Waals surface area contributed by atoms with Gasteiger partial charge >= 0.3 is 0 Å². The van der Waals surface area contributed by atoms with Crippen LogP contribution >= 0.6 is 0 Å². The molecule has 0 saturated heterocycles. The summed E-state index contributed by atoms with van der Waals surface area (Å²) in [6.45, 7) is 4.73. The van der Waals surface area contributed by atoms with Crippen LogP contribution in [0.5, 0.6) is 0 Å². The molecule has 45 heavy (non-hydrogen) atoms. The maximum atomic E-state index is 9.19. The van der Waals surface area contributed by atoms with Crippen LogP contribution < -0.4 is 0 Å². The number of benzene rings is 7. The van der Waals surface area contributed by atoms with E-state index >= 15 is 0 Å². The van der Waals surface area contributed by atoms with E-state index in [-0.39, 0.29) is 5.41 Å². The van der Waals surface area contributed by atoms with Gasteiger partial charge in [-0.05, 0) is 119 Å². The first-order valence-corrected chi connectivity index (χ1v) is 15.6. The topological polar surface area (TPSA) is 23.8 Å². The van der Waals surface area contributed by atoms with Crippen LogP contribution in [0, 0.1) is 11.3 Å². The molecule has 1 nitrogen and oxygen atoms in total. The molecule has 0 atom stereocenters. The van der Waals surface area contributed by atoms with Crippen molar-refractivity contribution in [3.63, 3.8) is 0 Å². The Hall–Kier alpha value is -5.71. The van der Waals surface area contributed by atoms with E-state index in [9.17, 15) is 5.26 Å². The number of nitrogens with zero attached hydrogens (tertiary/aromatic N) is 1. The minimum absolute atomic E-state index is 0.132. The Bertz CT molecular complexity index is 2370. The number of fused-ring (bicyclic) bond motifs is 6. The fourth-order valence-electron chi connectivity index (χ4n) is 7.76. The maximum Gasteiger partial charge on any atom is 0.0991 e. The molecule has 0 unspecified atom stereocenters. The molecule has 0 fully saturated rings. The summed E-state index contributed by atoms with van der Waals surface area (Å²) < 4.78 is 0. The molecule has 210 valence electrons. The molecule has 0 heterocycles. The molecular weight excluding hydrogens is 542 g/mol. The second-order valence-corrected chi connectivity index (χ2v) is 12.9. The molecule has 2 aliphatic rings. The maximum absolute atomic E-state index is 9.19. The van der Waals surface area contributed by atoms with Crippen LogP contribution in [0.2, 0.25) is 0 Å². The smallest absolute Gasteiger partial charge is 0.0991 e. The Morgan fingerprint density at radius 3 is 1.64 bits per heavy atom. The van der Waals surface area contributed by atoms with E-state index in [2.05, 4.69) is 135 Å². The molecule has 9 rings (SSSR count). The van der Waals surface area contributed by atoms with Gasteiger partial charge in [0.2, 0.25) is 0 Å². The van der Waals surface area contributed by atoms with Gasteiger partial charge in [-0.3, -0.25) is 0 Å². The van der Waals surface area contributed by atoms with E-state index in [4.69, 9.17) is 0 Å². The summed E-state index contributed by atoms with van der Waals surface area (Å²) in [6.07, 6.45) is 0. The number of rotatable bonds is 3. The summed E-state index contributed by atoms with van der Waals surface area (Å²) in [6, 6.07) is 53.0. The van der Waals surface area contributed by atoms with Crippen LogP contribution in [-0.4, -0.2) is 0 Å². The van der Waals surface area contributed by atoms with E-state index < -0.39 is 0 Å². The predicted octanol–water partition coefficient (Wildman–Crippen LogP) is 11.7. The molecule has 1 heteroatoms. The Kier molecular flexibility index (Phi) is 5.38. The monoisotopic (exact) mass is 571 g/mol. The molecule has 0 aromatic heterocycles. The Morgan fingerprint density at radius 2 is 0.933 bits per heavy atom. The van der Waals surface area contributed by atoms with Gasteiger partial charge in [0, 0.05) is 5.41 Å². The number of nitriles is 1. The van der Waals surface area contributed by atoms with Gasteiger partial charge in [-0.1, -0.05) is 123 Å². The standard InChI is InChI=1S/C44H29N/c1-44(2)41-24-31(30-8-5-7-29(23-30)28-15-13-27(26-45)14-16-28)17-19-36(41)37-20-18-32(25-42(37)44)33-21-22-40-35-10-4-3-9-34(35)39-12-6-11-38(33)43(39)40/h3-25H,1-2H3. The highest BCUT2D eigenvalue weighted by Gasteiger charge is 2.36. The van der Waals surface area contributed by atoms with E-state index in [1.165, 1.54) is 77.5 Å². The van der Waals surface area contributed by atoms with Crippen LogP contribution in [0.4, 0.5) is 0 Å². The molecule has 0 saturated carbocycles. The highest BCUT2D eigenvalue weighted by molar-refractivity contribution is 6.18. The summed E-state index contributed by atoms with van der Waals surface area (Å²) >= 11 is 0. The minimum atomic E-state index is -0.132. The highest BCUT2D eigenvalue weighted by Crippen LogP contribution is 2.53. The van der Waals surface area contributed by atoms with E-state index in [1.54, 1.807) is 0 Å². The van der Waals surface area contributed by atoms with Gasteiger partial charge < -0.3 is 0 Å². The molecule has 0 bridgehead atoms. The van der Waals surface area contributed by atoms with Gasteiger partial charge in [0.05, 0.1) is 11.6 Å². The van der Waals surface area contributed by atoms with Gasteiger partial charge in [0.25, 0.3) is 0 Å². The van der Waals surface area contributed by atoms with Crippen molar-refractivity contribution in [2.24, 2.45) is 0 Å². The lowest BCUT2D eigenvalue weighted by Gasteiger charge is -2.23. The van der Waals surface area contributed by atoms with Gasteiger partial charge in [0.1, 0.15) is 0 Å². The third-order valence-electron chi connectivity index (χ3n) is 10.1. The van der Waals surface area contributed by atoms with Crippen molar-refractivity contribution in [1.29, 1.82) is 5.26 Å². The first-order chi connectivity index (χ1) is 22.0. The summed E-state index contributed by atoms with van der Waals surface area (Å²) in [5.41, 5.74) is 18.5. The Labute approximate surface area is 263 Å². The van der Waals surface area contributed by atoms with Crippen LogP contribution in [0.25, 0.3) is 77.5 Å². The minimum Gasteiger partial charge on any atom is -0.192 e. The Balaban J connectivity index is 1.12. The summed E-state index contributed by atoms with van der Waals surface area (Å²) in [5.74, 6) is 0. The van der Waals surface area contributed by atoms with Crippen molar-refractivity contribution < 1.29 is 0 Å². The molecule has 0 N–H and O–H groups in total. The van der Waals surface area contributed by atoms with Crippen molar-refractivity contribution >= 4 is 10.8 Å². The largest absolute Gasteiger partial charge is 0.192 e. The zero-order chi connectivity index (χ0) is 30.3. The second-order valence-electron chi connectivity index (χ2n) is 12.9. The lowest BCUT2D eigenvalue weighted by atomic mass is 9.80. The quantitative estimate of drug-likeness (QED) is 0.207. The molecule has 0 aliphatic heterocycles. The fraction of sp³-hybridized carbons (Fsp3) is 0.0682. The third kappa shape index (κ3) is 3.73. The average molecular weight is 572 g/mol. The lowest BCUT2D eigenvalue weighted by Crippen LogP contribution is -2.15. The summed E-state index contributed by atoms with van der Waals surface area (Å²) in [4.78, 5) is 0. The van der Waals surface area contributed by atoms with Crippen molar-refractivity contribution in [2.45, 2.75) is 19.3 Å². The first kappa shape index (κ1) is 25.8. The Morgan fingerprint density at radius 1 is 0.422 bits per heavy atom. The predicted molar refractivity (Wildman–Crippen MR) is 187 cm³/mol. The zero-order valence-corrected chi connectivity index (χ0v) is 25.2. The zero-order valence-electron chi connectivity index (χ0n) is 25.2. The molecular formula is C44H29N. The van der Waals surface area contributed by atoms with Crippen LogP contribution in [0.3, 0.4) is 0 Å². The van der Waals surface area contributed by atoms with Crippen molar-refractivity contribution in [2.75, 3.05) is 0 Å². The number of hydrogen-bond donors (Lipinski definition) is 0. The van der Waals surface area contributed by atoms with E-state index in [1.807, 2.05) is 24.3 Å². The lowest BCUT2D eigenvalue weighted by molar-refractivity contribution is 0.661. The normalized spacial score (nSPS) is 13.3. The summed E-state index contributed by atoms with van der Waals surface area (Å²) in [5, 5.41) is 11.9. The summed E-state index contributed by atoms with van der Waals surface area (Å²) in [7, 11) is 0. The van der Waals surface area contributed by atoms with Crippen LogP contribution in [0.1, 0.15) is 30.5 Å². The number of hydrogen-bond acceptors (Lipinski definition) is 1. The highest BCUT2D eigenvalue weighted by atomic mass is 14.4. The molecule has 7 aromatic rings. The van der Waals surface area contributed by atoms with Crippen molar-refractivity contribution in [3.05, 3.63) is 156 Å². The van der Waals surface area contributed by atoms with Gasteiger partial charge in [0.15, 0.2) is 0 Å². The second kappa shape index (κ2) is 9.39. The van der Waals surface area contributed by atoms with Crippen LogP contribution in [0.15, 0.2) is 140 Å². The van der Waals surface area contributed by atoms with Gasteiger partial charge in [-0.15, -0.1) is 0 Å². The first-order valence-electron chi connectivity index (χ1n) is 15.6. The molecule has 0 radical (unpaired) electrons.